The van der Waals surface area contributed by atoms with Gasteiger partial charge in [0.25, 0.3) is 5.69 Å². The molecule has 0 unspecified atom stereocenters. The summed E-state index contributed by atoms with van der Waals surface area (Å²) in [6.45, 7) is 0. The Bertz CT molecular complexity index is 813. The van der Waals surface area contributed by atoms with Crippen molar-refractivity contribution in [3.63, 3.8) is 0 Å². The molecule has 0 bridgehead atoms. The van der Waals surface area contributed by atoms with Gasteiger partial charge in [0.1, 0.15) is 10.7 Å². The van der Waals surface area contributed by atoms with Crippen LogP contribution < -0.4 is 0 Å². The fourth-order valence-electron chi connectivity index (χ4n) is 2.00. The molecule has 3 rings (SSSR count). The van der Waals surface area contributed by atoms with Crippen molar-refractivity contribution in [1.82, 2.24) is 0 Å². The summed E-state index contributed by atoms with van der Waals surface area (Å²) >= 11 is 1.07. The normalized spacial score (nSPS) is 15.9. The molecule has 0 radical (unpaired) electrons. The number of aliphatic imine (C=N–C) groups is 1. The molecule has 0 atom stereocenters. The number of non-ortho nitro benzene ring substituents is 1. The molecule has 0 aliphatic carbocycles. The second-order valence-corrected chi connectivity index (χ2v) is 5.52. The Labute approximate surface area is 130 Å². The second kappa shape index (κ2) is 5.95. The molecule has 0 N–H and O–H groups in total. The molecule has 1 aliphatic rings. The standard InChI is InChI=1S/C16H10N2O3S/c19-16-14(10-11-5-4-8-13(9-11)18(20)21)17-15(22-16)12-6-2-1-3-7-12/h1-10H. The third-order valence-electron chi connectivity index (χ3n) is 3.03. The predicted molar refractivity (Wildman–Crippen MR) is 86.7 cm³/mol. The number of carbonyl (C=O) groups is 1. The zero-order valence-electron chi connectivity index (χ0n) is 11.3. The highest BCUT2D eigenvalue weighted by molar-refractivity contribution is 8.27. The van der Waals surface area contributed by atoms with Gasteiger partial charge < -0.3 is 0 Å². The molecule has 108 valence electrons. The van der Waals surface area contributed by atoms with Crippen molar-refractivity contribution in [3.8, 4) is 0 Å². The summed E-state index contributed by atoms with van der Waals surface area (Å²) in [5, 5.41) is 11.3. The van der Waals surface area contributed by atoms with Gasteiger partial charge in [0.2, 0.25) is 5.12 Å². The van der Waals surface area contributed by atoms with Gasteiger partial charge in [-0.25, -0.2) is 4.99 Å². The van der Waals surface area contributed by atoms with E-state index in [2.05, 4.69) is 4.99 Å². The SMILES string of the molecule is O=C1SC(c2ccccc2)=NC1=Cc1cccc([N+](=O)[O-])c1. The van der Waals surface area contributed by atoms with E-state index in [0.29, 0.717) is 16.3 Å². The zero-order valence-corrected chi connectivity index (χ0v) is 12.1. The van der Waals surface area contributed by atoms with Gasteiger partial charge in [-0.1, -0.05) is 42.5 Å². The van der Waals surface area contributed by atoms with E-state index in [0.717, 1.165) is 17.3 Å². The zero-order chi connectivity index (χ0) is 15.5. The van der Waals surface area contributed by atoms with Gasteiger partial charge >= 0.3 is 0 Å². The number of benzene rings is 2. The predicted octanol–water partition coefficient (Wildman–Crippen LogP) is 3.66. The summed E-state index contributed by atoms with van der Waals surface area (Å²) in [7, 11) is 0. The van der Waals surface area contributed by atoms with E-state index in [-0.39, 0.29) is 10.8 Å². The first-order chi connectivity index (χ1) is 10.6. The average molecular weight is 310 g/mol. The molecule has 0 aromatic heterocycles. The first-order valence-electron chi connectivity index (χ1n) is 6.46. The molecule has 2 aromatic carbocycles. The van der Waals surface area contributed by atoms with Crippen LogP contribution in [0.15, 0.2) is 65.3 Å². The first kappa shape index (κ1) is 14.2. The quantitative estimate of drug-likeness (QED) is 0.493. The Morgan fingerprint density at radius 1 is 1.09 bits per heavy atom. The second-order valence-electron chi connectivity index (χ2n) is 4.55. The molecule has 5 nitrogen and oxygen atoms in total. The number of hydrogen-bond donors (Lipinski definition) is 0. The lowest BCUT2D eigenvalue weighted by Crippen LogP contribution is -1.92. The molecule has 6 heteroatoms. The Kier molecular flexibility index (Phi) is 3.84. The van der Waals surface area contributed by atoms with E-state index in [1.807, 2.05) is 30.3 Å². The van der Waals surface area contributed by atoms with Gasteiger partial charge in [-0.15, -0.1) is 0 Å². The maximum absolute atomic E-state index is 12.0. The van der Waals surface area contributed by atoms with Crippen molar-refractivity contribution in [3.05, 3.63) is 81.5 Å². The number of nitro groups is 1. The van der Waals surface area contributed by atoms with Crippen LogP contribution in [0.2, 0.25) is 0 Å². The highest BCUT2D eigenvalue weighted by Gasteiger charge is 2.23. The number of nitro benzene ring substituents is 1. The third kappa shape index (κ3) is 2.96. The molecule has 0 saturated heterocycles. The van der Waals surface area contributed by atoms with Gasteiger partial charge in [0, 0.05) is 17.7 Å². The number of carbonyl (C=O) groups excluding carboxylic acids is 1. The van der Waals surface area contributed by atoms with Crippen molar-refractivity contribution < 1.29 is 9.72 Å². The molecular weight excluding hydrogens is 300 g/mol. The minimum atomic E-state index is -0.466. The minimum absolute atomic E-state index is 0.0142. The van der Waals surface area contributed by atoms with Crippen LogP contribution in [0.1, 0.15) is 11.1 Å². The Hall–Kier alpha value is -2.73. The first-order valence-corrected chi connectivity index (χ1v) is 7.27. The fourth-order valence-corrected chi connectivity index (χ4v) is 2.78. The Balaban J connectivity index is 1.94. The van der Waals surface area contributed by atoms with Crippen LogP contribution in [0.5, 0.6) is 0 Å². The van der Waals surface area contributed by atoms with Crippen molar-refractivity contribution in [2.45, 2.75) is 0 Å². The van der Waals surface area contributed by atoms with Crippen LogP contribution in [0.4, 0.5) is 5.69 Å². The smallest absolute Gasteiger partial charge is 0.270 e. The lowest BCUT2D eigenvalue weighted by atomic mass is 10.2. The highest BCUT2D eigenvalue weighted by atomic mass is 32.2. The van der Waals surface area contributed by atoms with Gasteiger partial charge in [0.05, 0.1) is 4.92 Å². The Morgan fingerprint density at radius 2 is 1.86 bits per heavy atom. The van der Waals surface area contributed by atoms with E-state index in [1.54, 1.807) is 18.2 Å². The number of thioether (sulfide) groups is 1. The lowest BCUT2D eigenvalue weighted by Gasteiger charge is -1.95. The van der Waals surface area contributed by atoms with Crippen LogP contribution in [-0.2, 0) is 4.79 Å². The molecule has 0 amide bonds. The van der Waals surface area contributed by atoms with E-state index >= 15 is 0 Å². The van der Waals surface area contributed by atoms with E-state index in [1.165, 1.54) is 12.1 Å². The van der Waals surface area contributed by atoms with Crippen LogP contribution in [0.3, 0.4) is 0 Å². The Morgan fingerprint density at radius 3 is 2.59 bits per heavy atom. The summed E-state index contributed by atoms with van der Waals surface area (Å²) < 4.78 is 0. The molecular formula is C16H10N2O3S. The van der Waals surface area contributed by atoms with Crippen LogP contribution >= 0.6 is 11.8 Å². The van der Waals surface area contributed by atoms with Gasteiger partial charge in [-0.05, 0) is 23.4 Å². The maximum atomic E-state index is 12.0. The van der Waals surface area contributed by atoms with Crippen LogP contribution in [0.25, 0.3) is 6.08 Å². The maximum Gasteiger partial charge on any atom is 0.270 e. The van der Waals surface area contributed by atoms with Crippen molar-refractivity contribution >= 4 is 33.7 Å². The van der Waals surface area contributed by atoms with E-state index in [4.69, 9.17) is 0 Å². The van der Waals surface area contributed by atoms with Crippen molar-refractivity contribution in [2.24, 2.45) is 4.99 Å². The van der Waals surface area contributed by atoms with Crippen LogP contribution in [0, 0.1) is 10.1 Å². The van der Waals surface area contributed by atoms with Crippen molar-refractivity contribution in [1.29, 1.82) is 0 Å². The van der Waals surface area contributed by atoms with Crippen LogP contribution in [-0.4, -0.2) is 15.1 Å². The molecule has 2 aromatic rings. The molecule has 22 heavy (non-hydrogen) atoms. The largest absolute Gasteiger partial charge is 0.279 e. The number of hydrogen-bond acceptors (Lipinski definition) is 5. The number of rotatable bonds is 3. The average Bonchev–Trinajstić information content (AvgIpc) is 2.89. The molecule has 1 heterocycles. The lowest BCUT2D eigenvalue weighted by molar-refractivity contribution is -0.384. The molecule has 0 spiro atoms. The fraction of sp³-hybridized carbons (Fsp3) is 0. The summed E-state index contributed by atoms with van der Waals surface area (Å²) in [5.41, 5.74) is 1.74. The summed E-state index contributed by atoms with van der Waals surface area (Å²) in [6.07, 6.45) is 1.57. The summed E-state index contributed by atoms with van der Waals surface area (Å²) in [4.78, 5) is 26.7. The highest BCUT2D eigenvalue weighted by Crippen LogP contribution is 2.29. The van der Waals surface area contributed by atoms with Gasteiger partial charge in [0.15, 0.2) is 0 Å². The van der Waals surface area contributed by atoms with E-state index in [9.17, 15) is 14.9 Å². The third-order valence-corrected chi connectivity index (χ3v) is 3.94. The van der Waals surface area contributed by atoms with Crippen molar-refractivity contribution in [2.75, 3.05) is 0 Å². The van der Waals surface area contributed by atoms with Gasteiger partial charge in [-0.2, -0.15) is 0 Å². The molecule has 0 saturated carbocycles. The summed E-state index contributed by atoms with van der Waals surface area (Å²) in [6, 6.07) is 15.5. The number of nitrogens with zero attached hydrogens (tertiary/aromatic N) is 2. The van der Waals surface area contributed by atoms with Gasteiger partial charge in [-0.3, -0.25) is 14.9 Å². The molecule has 1 aliphatic heterocycles. The van der Waals surface area contributed by atoms with E-state index < -0.39 is 4.92 Å². The topological polar surface area (TPSA) is 72.6 Å². The minimum Gasteiger partial charge on any atom is -0.279 e. The summed E-state index contributed by atoms with van der Waals surface area (Å²) in [5.74, 6) is 0. The molecule has 0 fully saturated rings. The monoisotopic (exact) mass is 310 g/mol.